The van der Waals surface area contributed by atoms with Crippen LogP contribution in [0.2, 0.25) is 10.0 Å². The Balaban J connectivity index is 1.37. The van der Waals surface area contributed by atoms with Crippen molar-refractivity contribution in [3.63, 3.8) is 0 Å². The molecule has 11 nitrogen and oxygen atoms in total. The van der Waals surface area contributed by atoms with E-state index in [0.29, 0.717) is 15.7 Å². The molecular weight excluding hydrogens is 681 g/mol. The molecule has 1 fully saturated rings. The van der Waals surface area contributed by atoms with Gasteiger partial charge >= 0.3 is 0 Å². The second kappa shape index (κ2) is 11.3. The smallest absolute Gasteiger partial charge is 0.274 e. The number of carbonyl (C=O) groups excluding carboxylic acids is 2. The number of aromatic nitrogens is 4. The Morgan fingerprint density at radius 2 is 1.65 bits per heavy atom. The van der Waals surface area contributed by atoms with E-state index in [-0.39, 0.29) is 61.1 Å². The van der Waals surface area contributed by atoms with Gasteiger partial charge in [0, 0.05) is 59.5 Å². The summed E-state index contributed by atoms with van der Waals surface area (Å²) in [6.45, 7) is 2.14. The molecule has 0 bridgehead atoms. The van der Waals surface area contributed by atoms with Gasteiger partial charge in [0.05, 0.1) is 18.1 Å². The molecule has 1 saturated heterocycles. The number of rotatable bonds is 6. The summed E-state index contributed by atoms with van der Waals surface area (Å²) in [6.07, 6.45) is 5.75. The first-order chi connectivity index (χ1) is 20.5. The van der Waals surface area contributed by atoms with Gasteiger partial charge < -0.3 is 4.90 Å². The van der Waals surface area contributed by atoms with E-state index in [2.05, 4.69) is 30.9 Å². The van der Waals surface area contributed by atoms with Crippen LogP contribution in [-0.2, 0) is 26.8 Å². The lowest BCUT2D eigenvalue weighted by molar-refractivity contribution is -0.124. The monoisotopic (exact) mass is 703 g/mol. The number of piperazine rings is 1. The summed E-state index contributed by atoms with van der Waals surface area (Å²) in [5.74, 6) is -0.565. The van der Waals surface area contributed by atoms with Gasteiger partial charge in [-0.1, -0.05) is 51.3 Å². The molecule has 222 valence electrons. The van der Waals surface area contributed by atoms with E-state index in [1.165, 1.54) is 38.6 Å². The summed E-state index contributed by atoms with van der Waals surface area (Å²) in [5.41, 5.74) is 0.0228. The third-order valence-electron chi connectivity index (χ3n) is 7.55. The number of halogens is 3. The van der Waals surface area contributed by atoms with E-state index in [0.717, 1.165) is 10.0 Å². The van der Waals surface area contributed by atoms with Crippen LogP contribution in [0.5, 0.6) is 0 Å². The third kappa shape index (κ3) is 5.33. The molecule has 0 N–H and O–H groups in total. The molecule has 0 saturated carbocycles. The first-order valence-electron chi connectivity index (χ1n) is 13.2. The second-order valence-corrected chi connectivity index (χ2v) is 14.0. The SMILES string of the molecule is CC1(Cc2ccc(Br)cc2)C(=O)N(c2cc(Cl)cc(Cl)c2)c2ncc(S(=O)(=O)N3CCN(C(=O)c4cnccn4)CC3)n21. The Hall–Kier alpha value is -3.36. The van der Waals surface area contributed by atoms with Gasteiger partial charge in [-0.25, -0.2) is 23.3 Å². The average Bonchev–Trinajstić information content (AvgIpc) is 3.52. The first-order valence-corrected chi connectivity index (χ1v) is 16.2. The summed E-state index contributed by atoms with van der Waals surface area (Å²) >= 11 is 16.0. The molecule has 2 aliphatic heterocycles. The zero-order chi connectivity index (χ0) is 30.5. The molecule has 43 heavy (non-hydrogen) atoms. The lowest BCUT2D eigenvalue weighted by Crippen LogP contribution is -2.51. The number of fused-ring (bicyclic) bond motifs is 1. The summed E-state index contributed by atoms with van der Waals surface area (Å²) in [4.78, 5) is 42.4. The molecule has 2 aromatic heterocycles. The van der Waals surface area contributed by atoms with Gasteiger partial charge in [0.25, 0.3) is 21.8 Å². The zero-order valence-corrected chi connectivity index (χ0v) is 26.6. The van der Waals surface area contributed by atoms with Gasteiger partial charge in [0.15, 0.2) is 5.03 Å². The van der Waals surface area contributed by atoms with Crippen molar-refractivity contribution in [1.29, 1.82) is 0 Å². The molecule has 1 atom stereocenters. The minimum atomic E-state index is -4.14. The number of amides is 2. The minimum Gasteiger partial charge on any atom is -0.335 e. The van der Waals surface area contributed by atoms with Crippen LogP contribution < -0.4 is 4.90 Å². The molecule has 4 heterocycles. The van der Waals surface area contributed by atoms with Crippen LogP contribution in [0.25, 0.3) is 0 Å². The first kappa shape index (κ1) is 29.7. The molecule has 1 unspecified atom stereocenters. The Bertz CT molecular complexity index is 1810. The molecule has 6 rings (SSSR count). The number of sulfonamides is 1. The normalized spacial score (nSPS) is 19.1. The Morgan fingerprint density at radius 1 is 0.977 bits per heavy atom. The van der Waals surface area contributed by atoms with Crippen molar-refractivity contribution in [2.75, 3.05) is 31.1 Å². The molecule has 0 radical (unpaired) electrons. The molecule has 0 spiro atoms. The fraction of sp³-hybridized carbons (Fsp3) is 0.250. The second-order valence-electron chi connectivity index (χ2n) is 10.4. The van der Waals surface area contributed by atoms with Crippen LogP contribution in [0.1, 0.15) is 23.0 Å². The van der Waals surface area contributed by atoms with E-state index in [1.807, 2.05) is 24.3 Å². The molecule has 0 aliphatic carbocycles. The molecule has 4 aromatic rings. The van der Waals surface area contributed by atoms with Crippen molar-refractivity contribution in [1.82, 2.24) is 28.7 Å². The summed E-state index contributed by atoms with van der Waals surface area (Å²) in [5, 5.41) is 0.508. The summed E-state index contributed by atoms with van der Waals surface area (Å²) < 4.78 is 32.0. The van der Waals surface area contributed by atoms with Crippen molar-refractivity contribution in [2.45, 2.75) is 23.9 Å². The minimum absolute atomic E-state index is 0.0554. The maximum atomic E-state index is 14.3. The highest BCUT2D eigenvalue weighted by atomic mass is 79.9. The Morgan fingerprint density at radius 3 is 2.28 bits per heavy atom. The topological polar surface area (TPSA) is 122 Å². The van der Waals surface area contributed by atoms with E-state index in [4.69, 9.17) is 23.2 Å². The lowest BCUT2D eigenvalue weighted by Gasteiger charge is -2.34. The number of nitrogens with zero attached hydrogens (tertiary/aromatic N) is 7. The van der Waals surface area contributed by atoms with Crippen molar-refractivity contribution < 1.29 is 18.0 Å². The van der Waals surface area contributed by atoms with Crippen molar-refractivity contribution >= 4 is 72.6 Å². The van der Waals surface area contributed by atoms with Gasteiger partial charge in [-0.3, -0.25) is 19.1 Å². The van der Waals surface area contributed by atoms with Gasteiger partial charge in [-0.05, 0) is 42.8 Å². The van der Waals surface area contributed by atoms with E-state index < -0.39 is 15.6 Å². The zero-order valence-electron chi connectivity index (χ0n) is 22.7. The standard InChI is InChI=1S/C28H24BrCl2N7O4S/c1-28(15-18-2-4-19(29)5-3-18)26(40)37(22-13-20(30)12-21(31)14-22)27-34-17-24(38(27)28)43(41,42)36-10-8-35(9-11-36)25(39)23-16-32-6-7-33-23/h2-7,12-14,16-17H,8-11,15H2,1H3. The van der Waals surface area contributed by atoms with Gasteiger partial charge in [-0.2, -0.15) is 4.31 Å². The average molecular weight is 705 g/mol. The number of hydrogen-bond donors (Lipinski definition) is 0. The quantitative estimate of drug-likeness (QED) is 0.289. The number of imidazole rings is 1. The van der Waals surface area contributed by atoms with Gasteiger partial charge in [0.2, 0.25) is 5.95 Å². The van der Waals surface area contributed by atoms with Gasteiger partial charge in [0.1, 0.15) is 11.2 Å². The molecule has 2 aromatic carbocycles. The van der Waals surface area contributed by atoms with Crippen molar-refractivity contribution in [3.8, 4) is 0 Å². The highest BCUT2D eigenvalue weighted by Gasteiger charge is 2.52. The van der Waals surface area contributed by atoms with Crippen LogP contribution in [-0.4, -0.2) is 75.1 Å². The highest BCUT2D eigenvalue weighted by molar-refractivity contribution is 9.10. The van der Waals surface area contributed by atoms with Crippen LogP contribution in [0, 0.1) is 0 Å². The number of benzene rings is 2. The van der Waals surface area contributed by atoms with Crippen LogP contribution >= 0.6 is 39.1 Å². The van der Waals surface area contributed by atoms with Crippen LogP contribution in [0.3, 0.4) is 0 Å². The largest absolute Gasteiger partial charge is 0.335 e. The molecule has 2 aliphatic rings. The molecule has 15 heteroatoms. The number of carbonyl (C=O) groups is 2. The Kier molecular flexibility index (Phi) is 7.80. The summed E-state index contributed by atoms with van der Waals surface area (Å²) in [6, 6.07) is 12.2. The Labute approximate surface area is 266 Å². The van der Waals surface area contributed by atoms with Crippen molar-refractivity contribution in [3.05, 3.63) is 93.0 Å². The van der Waals surface area contributed by atoms with E-state index in [9.17, 15) is 18.0 Å². The van der Waals surface area contributed by atoms with Crippen LogP contribution in [0.15, 0.2) is 76.8 Å². The maximum absolute atomic E-state index is 14.3. The number of hydrogen-bond acceptors (Lipinski definition) is 7. The highest BCUT2D eigenvalue weighted by Crippen LogP contribution is 2.45. The summed E-state index contributed by atoms with van der Waals surface area (Å²) in [7, 11) is -4.14. The fourth-order valence-electron chi connectivity index (χ4n) is 5.45. The predicted molar refractivity (Wildman–Crippen MR) is 164 cm³/mol. The third-order valence-corrected chi connectivity index (χ3v) is 10.4. The molecular formula is C28H24BrCl2N7O4S. The predicted octanol–water partition coefficient (Wildman–Crippen LogP) is 4.53. The van der Waals surface area contributed by atoms with Gasteiger partial charge in [-0.15, -0.1) is 0 Å². The van der Waals surface area contributed by atoms with E-state index in [1.54, 1.807) is 30.0 Å². The molecule has 2 amide bonds. The lowest BCUT2D eigenvalue weighted by atomic mass is 9.92. The van der Waals surface area contributed by atoms with E-state index >= 15 is 0 Å². The van der Waals surface area contributed by atoms with Crippen LogP contribution in [0.4, 0.5) is 11.6 Å². The number of anilines is 2. The van der Waals surface area contributed by atoms with Crippen molar-refractivity contribution in [2.24, 2.45) is 0 Å². The fourth-order valence-corrected chi connectivity index (χ4v) is 7.84. The maximum Gasteiger partial charge on any atom is 0.274 e.